The van der Waals surface area contributed by atoms with E-state index in [-0.39, 0.29) is 29.0 Å². The number of rotatable bonds is 3. The highest BCUT2D eigenvalue weighted by Crippen LogP contribution is 2.15. The molecule has 0 radical (unpaired) electrons. The number of aliphatic imine (C=N–C) groups is 1. The second kappa shape index (κ2) is 8.53. The fraction of sp³-hybridized carbons (Fsp3) is 0.417. The van der Waals surface area contributed by atoms with Crippen molar-refractivity contribution in [1.29, 1.82) is 0 Å². The molecule has 0 aliphatic rings. The minimum absolute atomic E-state index is 0. The molecule has 1 aromatic rings. The van der Waals surface area contributed by atoms with Crippen LogP contribution in [0.1, 0.15) is 19.4 Å². The number of hydrogen-bond donors (Lipinski definition) is 2. The summed E-state index contributed by atoms with van der Waals surface area (Å²) in [5.74, 6) is 0.306. The molecular weight excluding hydrogens is 368 g/mol. The number of halogens is 3. The molecule has 0 saturated carbocycles. The fourth-order valence-electron chi connectivity index (χ4n) is 1.30. The molecule has 0 fully saturated rings. The van der Waals surface area contributed by atoms with Crippen LogP contribution in [-0.4, -0.2) is 19.0 Å². The number of nitrogens with zero attached hydrogens (tertiary/aromatic N) is 1. The summed E-state index contributed by atoms with van der Waals surface area (Å²) in [6.45, 7) is 4.61. The quantitative estimate of drug-likeness (QED) is 0.476. The van der Waals surface area contributed by atoms with E-state index < -0.39 is 5.82 Å². The standard InChI is InChI=1S/C12H17ClFN3.HI/c1-8(2)17-12(15-3)16-7-9-4-5-11(14)10(13)6-9;/h4-6,8H,7H2,1-3H3,(H2,15,16,17);1H. The Morgan fingerprint density at radius 3 is 2.61 bits per heavy atom. The maximum Gasteiger partial charge on any atom is 0.191 e. The first-order valence-electron chi connectivity index (χ1n) is 5.44. The van der Waals surface area contributed by atoms with E-state index in [4.69, 9.17) is 11.6 Å². The molecule has 0 saturated heterocycles. The van der Waals surface area contributed by atoms with Crippen molar-refractivity contribution in [2.24, 2.45) is 4.99 Å². The van der Waals surface area contributed by atoms with Crippen LogP contribution >= 0.6 is 35.6 Å². The summed E-state index contributed by atoms with van der Waals surface area (Å²) in [4.78, 5) is 4.07. The maximum absolute atomic E-state index is 12.9. The van der Waals surface area contributed by atoms with E-state index in [1.165, 1.54) is 6.07 Å². The van der Waals surface area contributed by atoms with Crippen molar-refractivity contribution in [3.63, 3.8) is 0 Å². The molecular formula is C12H18ClFIN3. The van der Waals surface area contributed by atoms with E-state index in [2.05, 4.69) is 15.6 Å². The third-order valence-corrected chi connectivity index (χ3v) is 2.38. The van der Waals surface area contributed by atoms with E-state index in [0.717, 1.165) is 5.56 Å². The van der Waals surface area contributed by atoms with Gasteiger partial charge in [-0.3, -0.25) is 4.99 Å². The first-order valence-corrected chi connectivity index (χ1v) is 5.82. The normalized spacial score (nSPS) is 11.1. The summed E-state index contributed by atoms with van der Waals surface area (Å²) in [6.07, 6.45) is 0. The van der Waals surface area contributed by atoms with Crippen molar-refractivity contribution in [3.05, 3.63) is 34.6 Å². The second-order valence-electron chi connectivity index (χ2n) is 3.97. The van der Waals surface area contributed by atoms with Crippen LogP contribution in [0.15, 0.2) is 23.2 Å². The molecule has 0 amide bonds. The van der Waals surface area contributed by atoms with Gasteiger partial charge in [0.05, 0.1) is 5.02 Å². The molecule has 6 heteroatoms. The van der Waals surface area contributed by atoms with Crippen LogP contribution < -0.4 is 10.6 Å². The summed E-state index contributed by atoms with van der Waals surface area (Å²) in [6, 6.07) is 4.96. The van der Waals surface area contributed by atoms with E-state index in [1.807, 2.05) is 13.8 Å². The molecule has 0 aromatic heterocycles. The minimum Gasteiger partial charge on any atom is -0.354 e. The summed E-state index contributed by atoms with van der Waals surface area (Å²) in [5, 5.41) is 6.41. The Morgan fingerprint density at radius 2 is 2.11 bits per heavy atom. The van der Waals surface area contributed by atoms with Crippen molar-refractivity contribution in [2.75, 3.05) is 7.05 Å². The van der Waals surface area contributed by atoms with Crippen molar-refractivity contribution >= 4 is 41.5 Å². The average Bonchev–Trinajstić information content (AvgIpc) is 2.28. The summed E-state index contributed by atoms with van der Waals surface area (Å²) in [7, 11) is 1.70. The van der Waals surface area contributed by atoms with Crippen molar-refractivity contribution in [2.45, 2.75) is 26.4 Å². The van der Waals surface area contributed by atoms with Crippen LogP contribution in [0.3, 0.4) is 0 Å². The molecule has 2 N–H and O–H groups in total. The molecule has 0 aliphatic heterocycles. The molecule has 0 bridgehead atoms. The molecule has 1 aromatic carbocycles. The Bertz CT molecular complexity index is 410. The summed E-state index contributed by atoms with van der Waals surface area (Å²) in [5.41, 5.74) is 0.906. The molecule has 3 nitrogen and oxygen atoms in total. The van der Waals surface area contributed by atoms with Gasteiger partial charge in [-0.25, -0.2) is 4.39 Å². The van der Waals surface area contributed by atoms with Gasteiger partial charge in [0.1, 0.15) is 5.82 Å². The monoisotopic (exact) mass is 385 g/mol. The molecule has 0 atom stereocenters. The van der Waals surface area contributed by atoms with Crippen LogP contribution in [0.25, 0.3) is 0 Å². The Kier molecular flexibility index (Phi) is 8.26. The lowest BCUT2D eigenvalue weighted by atomic mass is 10.2. The van der Waals surface area contributed by atoms with Crippen molar-refractivity contribution in [3.8, 4) is 0 Å². The lowest BCUT2D eigenvalue weighted by Gasteiger charge is -2.14. The predicted molar refractivity (Wildman–Crippen MR) is 85.3 cm³/mol. The molecule has 18 heavy (non-hydrogen) atoms. The van der Waals surface area contributed by atoms with Crippen LogP contribution in [0.2, 0.25) is 5.02 Å². The average molecular weight is 386 g/mol. The Balaban J connectivity index is 0.00000289. The van der Waals surface area contributed by atoms with Gasteiger partial charge in [-0.05, 0) is 31.5 Å². The largest absolute Gasteiger partial charge is 0.354 e. The SMILES string of the molecule is CN=C(NCc1ccc(F)c(Cl)c1)NC(C)C.I. The van der Waals surface area contributed by atoms with E-state index in [0.29, 0.717) is 18.5 Å². The maximum atomic E-state index is 12.9. The van der Waals surface area contributed by atoms with Gasteiger partial charge in [-0.2, -0.15) is 0 Å². The van der Waals surface area contributed by atoms with Crippen LogP contribution in [0.5, 0.6) is 0 Å². The van der Waals surface area contributed by atoms with Crippen LogP contribution in [0.4, 0.5) is 4.39 Å². The molecule has 102 valence electrons. The van der Waals surface area contributed by atoms with Crippen LogP contribution in [0, 0.1) is 5.82 Å². The van der Waals surface area contributed by atoms with Crippen LogP contribution in [-0.2, 0) is 6.54 Å². The first-order chi connectivity index (χ1) is 8.02. The van der Waals surface area contributed by atoms with E-state index in [9.17, 15) is 4.39 Å². The highest BCUT2D eigenvalue weighted by Gasteiger charge is 2.03. The number of nitrogens with one attached hydrogen (secondary N) is 2. The molecule has 0 spiro atoms. The summed E-state index contributed by atoms with van der Waals surface area (Å²) < 4.78 is 12.9. The topological polar surface area (TPSA) is 36.4 Å². The predicted octanol–water partition coefficient (Wildman–Crippen LogP) is 3.17. The molecule has 0 heterocycles. The number of guanidine groups is 1. The van der Waals surface area contributed by atoms with Gasteiger partial charge in [-0.1, -0.05) is 17.7 Å². The Hall–Kier alpha value is -0.560. The van der Waals surface area contributed by atoms with Gasteiger partial charge in [0, 0.05) is 19.6 Å². The zero-order valence-corrected chi connectivity index (χ0v) is 13.7. The highest BCUT2D eigenvalue weighted by atomic mass is 127. The molecule has 1 rings (SSSR count). The third kappa shape index (κ3) is 5.86. The van der Waals surface area contributed by atoms with Gasteiger partial charge < -0.3 is 10.6 Å². The lowest BCUT2D eigenvalue weighted by Crippen LogP contribution is -2.40. The summed E-state index contributed by atoms with van der Waals surface area (Å²) >= 11 is 5.70. The van der Waals surface area contributed by atoms with Gasteiger partial charge in [0.25, 0.3) is 0 Å². The van der Waals surface area contributed by atoms with Crippen molar-refractivity contribution < 1.29 is 4.39 Å². The fourth-order valence-corrected chi connectivity index (χ4v) is 1.51. The van der Waals surface area contributed by atoms with Crippen molar-refractivity contribution in [1.82, 2.24) is 10.6 Å². The third-order valence-electron chi connectivity index (χ3n) is 2.09. The zero-order valence-electron chi connectivity index (χ0n) is 10.6. The van der Waals surface area contributed by atoms with E-state index in [1.54, 1.807) is 19.2 Å². The second-order valence-corrected chi connectivity index (χ2v) is 4.38. The van der Waals surface area contributed by atoms with Gasteiger partial charge in [0.2, 0.25) is 0 Å². The molecule has 0 aliphatic carbocycles. The lowest BCUT2D eigenvalue weighted by molar-refractivity contribution is 0.627. The number of hydrogen-bond acceptors (Lipinski definition) is 1. The van der Waals surface area contributed by atoms with Gasteiger partial charge in [-0.15, -0.1) is 24.0 Å². The highest BCUT2D eigenvalue weighted by molar-refractivity contribution is 14.0. The molecule has 0 unspecified atom stereocenters. The Labute approximate surface area is 129 Å². The zero-order chi connectivity index (χ0) is 12.8. The minimum atomic E-state index is -0.403. The first kappa shape index (κ1) is 17.4. The smallest absolute Gasteiger partial charge is 0.191 e. The Morgan fingerprint density at radius 1 is 1.44 bits per heavy atom. The van der Waals surface area contributed by atoms with E-state index >= 15 is 0 Å². The van der Waals surface area contributed by atoms with Gasteiger partial charge in [0.15, 0.2) is 5.96 Å². The number of benzene rings is 1. The van der Waals surface area contributed by atoms with Gasteiger partial charge >= 0.3 is 0 Å².